The maximum absolute atomic E-state index is 12.7. The molecule has 3 aromatic rings. The molecule has 0 radical (unpaired) electrons. The van der Waals surface area contributed by atoms with Crippen LogP contribution in [0.5, 0.6) is 0 Å². The van der Waals surface area contributed by atoms with Crippen LogP contribution in [0.3, 0.4) is 0 Å². The highest BCUT2D eigenvalue weighted by Crippen LogP contribution is 2.31. The van der Waals surface area contributed by atoms with Crippen molar-refractivity contribution in [3.05, 3.63) is 66.4 Å². The minimum absolute atomic E-state index is 0.0678. The quantitative estimate of drug-likeness (QED) is 0.711. The molecule has 6 nitrogen and oxygen atoms in total. The van der Waals surface area contributed by atoms with Gasteiger partial charge in [0.25, 0.3) is 0 Å². The summed E-state index contributed by atoms with van der Waals surface area (Å²) in [5, 5.41) is 3.77. The Bertz CT molecular complexity index is 1090. The highest BCUT2D eigenvalue weighted by Gasteiger charge is 2.36. The lowest BCUT2D eigenvalue weighted by atomic mass is 10.1. The lowest BCUT2D eigenvalue weighted by Gasteiger charge is -2.18. The number of carbonyl (C=O) groups excluding carboxylic acids is 3. The first-order chi connectivity index (χ1) is 13.5. The number of hydrogen-bond donors (Lipinski definition) is 1. The standard InChI is InChI=1S/C22H19N3O3/c1-14(26)16-6-2-8-18(11-16)24-22(28)17-12-20(27)25(13-17)19-9-3-5-15-7-4-10-23-21(15)19/h2-11,17H,12-13H2,1H3,(H,24,28). The van der Waals surface area contributed by atoms with Gasteiger partial charge < -0.3 is 10.2 Å². The Morgan fingerprint density at radius 2 is 1.89 bits per heavy atom. The van der Waals surface area contributed by atoms with Crippen molar-refractivity contribution in [1.82, 2.24) is 4.98 Å². The number of ketones is 1. The summed E-state index contributed by atoms with van der Waals surface area (Å²) in [6.07, 6.45) is 1.83. The number of para-hydroxylation sites is 1. The first-order valence-corrected chi connectivity index (χ1v) is 9.09. The molecule has 2 aromatic carbocycles. The minimum atomic E-state index is -0.465. The lowest BCUT2D eigenvalue weighted by Crippen LogP contribution is -2.28. The molecule has 2 heterocycles. The van der Waals surface area contributed by atoms with Crippen LogP contribution < -0.4 is 10.2 Å². The number of aromatic nitrogens is 1. The van der Waals surface area contributed by atoms with Crippen molar-refractivity contribution in [3.8, 4) is 0 Å². The average Bonchev–Trinajstić information content (AvgIpc) is 3.09. The Hall–Kier alpha value is -3.54. The SMILES string of the molecule is CC(=O)c1cccc(NC(=O)C2CC(=O)N(c3cccc4cccnc34)C2)c1. The van der Waals surface area contributed by atoms with E-state index in [-0.39, 0.29) is 24.0 Å². The highest BCUT2D eigenvalue weighted by molar-refractivity contribution is 6.07. The molecule has 0 bridgehead atoms. The number of carbonyl (C=O) groups is 3. The smallest absolute Gasteiger partial charge is 0.229 e. The van der Waals surface area contributed by atoms with Gasteiger partial charge in [0.05, 0.1) is 17.1 Å². The van der Waals surface area contributed by atoms with E-state index in [2.05, 4.69) is 10.3 Å². The van der Waals surface area contributed by atoms with Crippen LogP contribution in [0.25, 0.3) is 10.9 Å². The number of pyridine rings is 1. The molecule has 1 aliphatic rings. The van der Waals surface area contributed by atoms with Gasteiger partial charge in [-0.1, -0.05) is 30.3 Å². The van der Waals surface area contributed by atoms with Gasteiger partial charge >= 0.3 is 0 Å². The molecule has 28 heavy (non-hydrogen) atoms. The fourth-order valence-electron chi connectivity index (χ4n) is 3.48. The van der Waals surface area contributed by atoms with Gasteiger partial charge in [0.2, 0.25) is 11.8 Å². The van der Waals surface area contributed by atoms with Crippen LogP contribution >= 0.6 is 0 Å². The van der Waals surface area contributed by atoms with Crippen LogP contribution in [0.2, 0.25) is 0 Å². The number of Topliss-reactive ketones (excluding diaryl/α,β-unsaturated/α-hetero) is 1. The molecule has 1 aromatic heterocycles. The van der Waals surface area contributed by atoms with Gasteiger partial charge in [-0.2, -0.15) is 0 Å². The normalized spacial score (nSPS) is 16.4. The van der Waals surface area contributed by atoms with Gasteiger partial charge in [0, 0.05) is 35.8 Å². The second kappa shape index (κ2) is 7.23. The van der Waals surface area contributed by atoms with Crippen molar-refractivity contribution < 1.29 is 14.4 Å². The van der Waals surface area contributed by atoms with Crippen molar-refractivity contribution in [2.24, 2.45) is 5.92 Å². The number of amides is 2. The topological polar surface area (TPSA) is 79.4 Å². The summed E-state index contributed by atoms with van der Waals surface area (Å²) < 4.78 is 0. The molecule has 2 amide bonds. The molecule has 1 atom stereocenters. The van der Waals surface area contributed by atoms with Gasteiger partial charge in [0.1, 0.15) is 0 Å². The molecular formula is C22H19N3O3. The van der Waals surface area contributed by atoms with Crippen LogP contribution in [0.15, 0.2) is 60.8 Å². The number of nitrogens with one attached hydrogen (secondary N) is 1. The van der Waals surface area contributed by atoms with Gasteiger partial charge in [-0.05, 0) is 31.2 Å². The molecule has 1 fully saturated rings. The summed E-state index contributed by atoms with van der Waals surface area (Å²) in [7, 11) is 0. The van der Waals surface area contributed by atoms with Gasteiger partial charge in [-0.25, -0.2) is 0 Å². The molecular weight excluding hydrogens is 354 g/mol. The molecule has 1 saturated heterocycles. The molecule has 1 unspecified atom stereocenters. The number of benzene rings is 2. The van der Waals surface area contributed by atoms with Crippen LogP contribution in [-0.4, -0.2) is 29.1 Å². The van der Waals surface area contributed by atoms with Crippen molar-refractivity contribution in [2.45, 2.75) is 13.3 Å². The number of fused-ring (bicyclic) bond motifs is 1. The molecule has 1 N–H and O–H groups in total. The van der Waals surface area contributed by atoms with Crippen LogP contribution in [0, 0.1) is 5.92 Å². The number of nitrogens with zero attached hydrogens (tertiary/aromatic N) is 2. The monoisotopic (exact) mass is 373 g/mol. The minimum Gasteiger partial charge on any atom is -0.326 e. The predicted octanol–water partition coefficient (Wildman–Crippen LogP) is 3.43. The van der Waals surface area contributed by atoms with Gasteiger partial charge in [0.15, 0.2) is 5.78 Å². The molecule has 140 valence electrons. The third-order valence-corrected chi connectivity index (χ3v) is 4.93. The Labute approximate surface area is 162 Å². The molecule has 6 heteroatoms. The first kappa shape index (κ1) is 17.9. The largest absolute Gasteiger partial charge is 0.326 e. The zero-order chi connectivity index (χ0) is 19.7. The predicted molar refractivity (Wildman–Crippen MR) is 107 cm³/mol. The summed E-state index contributed by atoms with van der Waals surface area (Å²) in [5.74, 6) is -0.866. The molecule has 0 saturated carbocycles. The van der Waals surface area contributed by atoms with E-state index in [0.717, 1.165) is 16.6 Å². The van der Waals surface area contributed by atoms with Crippen LogP contribution in [0.1, 0.15) is 23.7 Å². The van der Waals surface area contributed by atoms with E-state index in [1.54, 1.807) is 35.4 Å². The third-order valence-electron chi connectivity index (χ3n) is 4.93. The molecule has 1 aliphatic heterocycles. The van der Waals surface area contributed by atoms with E-state index in [1.165, 1.54) is 6.92 Å². The zero-order valence-corrected chi connectivity index (χ0v) is 15.4. The molecule has 4 rings (SSSR count). The Balaban J connectivity index is 1.54. The second-order valence-electron chi connectivity index (χ2n) is 6.88. The van der Waals surface area contributed by atoms with E-state index < -0.39 is 5.92 Å². The van der Waals surface area contributed by atoms with Crippen molar-refractivity contribution in [3.63, 3.8) is 0 Å². The fraction of sp³-hybridized carbons (Fsp3) is 0.182. The summed E-state index contributed by atoms with van der Waals surface area (Å²) in [4.78, 5) is 42.8. The average molecular weight is 373 g/mol. The summed E-state index contributed by atoms with van der Waals surface area (Å²) in [5.41, 5.74) is 2.55. The van der Waals surface area contributed by atoms with Crippen molar-refractivity contribution >= 4 is 39.9 Å². The van der Waals surface area contributed by atoms with Crippen molar-refractivity contribution in [1.29, 1.82) is 0 Å². The summed E-state index contributed by atoms with van der Waals surface area (Å²) in [6, 6.07) is 16.3. The van der Waals surface area contributed by atoms with Gasteiger partial charge in [-0.3, -0.25) is 19.4 Å². The van der Waals surface area contributed by atoms with Crippen LogP contribution in [-0.2, 0) is 9.59 Å². The summed E-state index contributed by atoms with van der Waals surface area (Å²) in [6.45, 7) is 1.78. The second-order valence-corrected chi connectivity index (χ2v) is 6.88. The maximum Gasteiger partial charge on any atom is 0.229 e. The number of rotatable bonds is 4. The van der Waals surface area contributed by atoms with Crippen molar-refractivity contribution in [2.75, 3.05) is 16.8 Å². The number of anilines is 2. The zero-order valence-electron chi connectivity index (χ0n) is 15.4. The summed E-state index contributed by atoms with van der Waals surface area (Å²) >= 11 is 0. The van der Waals surface area contributed by atoms with E-state index in [0.29, 0.717) is 17.8 Å². The van der Waals surface area contributed by atoms with E-state index in [4.69, 9.17) is 0 Å². The van der Waals surface area contributed by atoms with Gasteiger partial charge in [-0.15, -0.1) is 0 Å². The van der Waals surface area contributed by atoms with E-state index in [9.17, 15) is 14.4 Å². The third kappa shape index (κ3) is 3.36. The highest BCUT2D eigenvalue weighted by atomic mass is 16.2. The Kier molecular flexibility index (Phi) is 4.61. The Morgan fingerprint density at radius 1 is 1.11 bits per heavy atom. The molecule has 0 aliphatic carbocycles. The molecule has 0 spiro atoms. The maximum atomic E-state index is 12.7. The Morgan fingerprint density at radius 3 is 2.71 bits per heavy atom. The van der Waals surface area contributed by atoms with E-state index in [1.807, 2.05) is 30.3 Å². The fourth-order valence-corrected chi connectivity index (χ4v) is 3.48. The first-order valence-electron chi connectivity index (χ1n) is 9.09. The van der Waals surface area contributed by atoms with E-state index >= 15 is 0 Å². The number of hydrogen-bond acceptors (Lipinski definition) is 4. The lowest BCUT2D eigenvalue weighted by molar-refractivity contribution is -0.122. The van der Waals surface area contributed by atoms with Crippen LogP contribution in [0.4, 0.5) is 11.4 Å².